The average molecular weight is 289 g/mol. The number of fused-ring (bicyclic) bond motifs is 1. The molecule has 2 aromatic rings. The van der Waals surface area contributed by atoms with Crippen LogP contribution in [0.4, 0.5) is 0 Å². The highest BCUT2D eigenvalue weighted by molar-refractivity contribution is 6.06. The Labute approximate surface area is 132 Å². The molecule has 0 radical (unpaired) electrons. The molecule has 0 saturated heterocycles. The second kappa shape index (κ2) is 6.31. The second-order valence-corrected chi connectivity index (χ2v) is 6.15. The van der Waals surface area contributed by atoms with E-state index in [4.69, 9.17) is 5.41 Å². The Morgan fingerprint density at radius 3 is 2.50 bits per heavy atom. The van der Waals surface area contributed by atoms with E-state index in [1.165, 1.54) is 27.5 Å². The molecule has 2 aromatic carbocycles. The van der Waals surface area contributed by atoms with Gasteiger partial charge in [-0.3, -0.25) is 0 Å². The number of nitrogens with one attached hydrogen (secondary N) is 1. The molecule has 1 aliphatic rings. The molecule has 0 unspecified atom stereocenters. The highest BCUT2D eigenvalue weighted by Crippen LogP contribution is 2.33. The highest BCUT2D eigenvalue weighted by Gasteiger charge is 2.15. The quantitative estimate of drug-likeness (QED) is 0.640. The maximum atomic E-state index is 8.52. The molecule has 1 aliphatic carbocycles. The van der Waals surface area contributed by atoms with Crippen molar-refractivity contribution < 1.29 is 0 Å². The molecular formula is C21H23N. The largest absolute Gasteiger partial charge is 0.305 e. The first-order chi connectivity index (χ1) is 10.7. The van der Waals surface area contributed by atoms with Gasteiger partial charge < -0.3 is 5.41 Å². The van der Waals surface area contributed by atoms with Crippen molar-refractivity contribution in [2.75, 3.05) is 0 Å². The van der Waals surface area contributed by atoms with Crippen LogP contribution >= 0.6 is 0 Å². The van der Waals surface area contributed by atoms with Crippen LogP contribution in [0.3, 0.4) is 0 Å². The van der Waals surface area contributed by atoms with Crippen LogP contribution in [0.5, 0.6) is 0 Å². The van der Waals surface area contributed by atoms with Gasteiger partial charge in [0.1, 0.15) is 0 Å². The summed E-state index contributed by atoms with van der Waals surface area (Å²) >= 11 is 0. The number of benzene rings is 2. The van der Waals surface area contributed by atoms with Crippen molar-refractivity contribution in [2.24, 2.45) is 0 Å². The molecule has 0 amide bonds. The summed E-state index contributed by atoms with van der Waals surface area (Å²) in [5.41, 5.74) is 5.80. The van der Waals surface area contributed by atoms with Crippen molar-refractivity contribution in [1.29, 1.82) is 5.41 Å². The average Bonchev–Trinajstić information content (AvgIpc) is 2.97. The fourth-order valence-corrected chi connectivity index (χ4v) is 3.10. The van der Waals surface area contributed by atoms with E-state index in [1.807, 2.05) is 0 Å². The molecule has 3 rings (SSSR count). The van der Waals surface area contributed by atoms with Crippen molar-refractivity contribution in [3.05, 3.63) is 65.3 Å². The lowest BCUT2D eigenvalue weighted by Gasteiger charge is -2.14. The minimum atomic E-state index is 0.771. The normalized spacial score (nSPS) is 14.1. The third-order valence-corrected chi connectivity index (χ3v) is 4.38. The molecule has 0 atom stereocenters. The molecule has 0 saturated carbocycles. The molecule has 0 spiro atoms. The minimum absolute atomic E-state index is 0.771. The van der Waals surface area contributed by atoms with E-state index in [2.05, 4.69) is 62.4 Å². The summed E-state index contributed by atoms with van der Waals surface area (Å²) in [7, 11) is 0. The molecule has 1 heteroatoms. The minimum Gasteiger partial charge on any atom is -0.305 e. The SMILES string of the molecule is CCCCC(=N)c1cc2ccccc2cc1C1=CC(C)=CC1. The van der Waals surface area contributed by atoms with Gasteiger partial charge in [0.25, 0.3) is 0 Å². The Morgan fingerprint density at radius 1 is 1.14 bits per heavy atom. The van der Waals surface area contributed by atoms with Crippen molar-refractivity contribution in [3.8, 4) is 0 Å². The van der Waals surface area contributed by atoms with Gasteiger partial charge >= 0.3 is 0 Å². The first-order valence-electron chi connectivity index (χ1n) is 8.17. The highest BCUT2D eigenvalue weighted by atomic mass is 14.4. The van der Waals surface area contributed by atoms with Gasteiger partial charge in [-0.15, -0.1) is 0 Å². The third kappa shape index (κ3) is 2.89. The van der Waals surface area contributed by atoms with Gasteiger partial charge in [-0.25, -0.2) is 0 Å². The Bertz CT molecular complexity index is 778. The van der Waals surface area contributed by atoms with Crippen molar-refractivity contribution in [1.82, 2.24) is 0 Å². The predicted molar refractivity (Wildman–Crippen MR) is 96.7 cm³/mol. The second-order valence-electron chi connectivity index (χ2n) is 6.15. The van der Waals surface area contributed by atoms with E-state index < -0.39 is 0 Å². The molecule has 0 aliphatic heterocycles. The Kier molecular flexibility index (Phi) is 4.24. The standard InChI is InChI=1S/C21H23N/c1-3-4-9-21(22)20-14-17-8-6-5-7-16(17)13-19(20)18-11-10-15(2)12-18/h5-8,10,12-14,22H,3-4,9,11H2,1-2H3. The van der Waals surface area contributed by atoms with E-state index in [1.54, 1.807) is 0 Å². The number of hydrogen-bond acceptors (Lipinski definition) is 1. The van der Waals surface area contributed by atoms with E-state index in [-0.39, 0.29) is 0 Å². The first kappa shape index (κ1) is 14.8. The van der Waals surface area contributed by atoms with Crippen molar-refractivity contribution in [3.63, 3.8) is 0 Å². The van der Waals surface area contributed by atoms with Gasteiger partial charge in [0, 0.05) is 11.3 Å². The van der Waals surface area contributed by atoms with E-state index in [0.717, 1.165) is 37.0 Å². The summed E-state index contributed by atoms with van der Waals surface area (Å²) in [4.78, 5) is 0. The molecular weight excluding hydrogens is 266 g/mol. The monoisotopic (exact) mass is 289 g/mol. The molecule has 0 fully saturated rings. The Hall–Kier alpha value is -2.15. The topological polar surface area (TPSA) is 23.9 Å². The molecule has 1 N–H and O–H groups in total. The summed E-state index contributed by atoms with van der Waals surface area (Å²) in [5, 5.41) is 11.0. The van der Waals surface area contributed by atoms with Crippen LogP contribution in [-0.2, 0) is 0 Å². The molecule has 0 aromatic heterocycles. The number of rotatable bonds is 5. The van der Waals surface area contributed by atoms with Gasteiger partial charge in [-0.1, -0.05) is 55.3 Å². The smallest absolute Gasteiger partial charge is 0.0392 e. The van der Waals surface area contributed by atoms with E-state index >= 15 is 0 Å². The van der Waals surface area contributed by atoms with Gasteiger partial charge in [-0.05, 0) is 60.2 Å². The van der Waals surface area contributed by atoms with Crippen LogP contribution in [0.2, 0.25) is 0 Å². The summed E-state index contributed by atoms with van der Waals surface area (Å²) in [5.74, 6) is 0. The van der Waals surface area contributed by atoms with E-state index in [9.17, 15) is 0 Å². The molecule has 112 valence electrons. The Balaban J connectivity index is 2.10. The van der Waals surface area contributed by atoms with Crippen molar-refractivity contribution >= 4 is 22.1 Å². The summed E-state index contributed by atoms with van der Waals surface area (Å²) in [6.45, 7) is 4.33. The number of allylic oxidation sites excluding steroid dienone is 4. The van der Waals surface area contributed by atoms with Crippen LogP contribution in [0, 0.1) is 5.41 Å². The van der Waals surface area contributed by atoms with Crippen LogP contribution in [0.1, 0.15) is 50.7 Å². The lowest BCUT2D eigenvalue weighted by molar-refractivity contribution is 0.833. The molecule has 22 heavy (non-hydrogen) atoms. The van der Waals surface area contributed by atoms with Gasteiger partial charge in [-0.2, -0.15) is 0 Å². The lowest BCUT2D eigenvalue weighted by Crippen LogP contribution is -2.03. The zero-order valence-electron chi connectivity index (χ0n) is 13.4. The molecule has 0 bridgehead atoms. The molecule has 0 heterocycles. The van der Waals surface area contributed by atoms with Gasteiger partial charge in [0.2, 0.25) is 0 Å². The number of hydrogen-bond donors (Lipinski definition) is 1. The van der Waals surface area contributed by atoms with Gasteiger partial charge in [0.05, 0.1) is 0 Å². The predicted octanol–water partition coefficient (Wildman–Crippen LogP) is 6.13. The third-order valence-electron chi connectivity index (χ3n) is 4.38. The lowest BCUT2D eigenvalue weighted by atomic mass is 9.91. The zero-order valence-corrected chi connectivity index (χ0v) is 13.4. The van der Waals surface area contributed by atoms with Gasteiger partial charge in [0.15, 0.2) is 0 Å². The fourth-order valence-electron chi connectivity index (χ4n) is 3.10. The number of unbranched alkanes of at least 4 members (excludes halogenated alkanes) is 1. The van der Waals surface area contributed by atoms with Crippen molar-refractivity contribution in [2.45, 2.75) is 39.5 Å². The summed E-state index contributed by atoms with van der Waals surface area (Å²) in [6.07, 6.45) is 8.60. The van der Waals surface area contributed by atoms with Crippen LogP contribution in [0.25, 0.3) is 16.3 Å². The van der Waals surface area contributed by atoms with Crippen LogP contribution < -0.4 is 0 Å². The van der Waals surface area contributed by atoms with E-state index in [0.29, 0.717) is 0 Å². The van der Waals surface area contributed by atoms with Crippen LogP contribution in [-0.4, -0.2) is 5.71 Å². The van der Waals surface area contributed by atoms with Crippen LogP contribution in [0.15, 0.2) is 54.1 Å². The fraction of sp³-hybridized carbons (Fsp3) is 0.286. The maximum Gasteiger partial charge on any atom is 0.0392 e. The Morgan fingerprint density at radius 2 is 1.86 bits per heavy atom. The molecule has 1 nitrogen and oxygen atoms in total. The maximum absolute atomic E-state index is 8.52. The first-order valence-corrected chi connectivity index (χ1v) is 8.17. The zero-order chi connectivity index (χ0) is 15.5. The summed E-state index contributed by atoms with van der Waals surface area (Å²) in [6, 6.07) is 12.9. The summed E-state index contributed by atoms with van der Waals surface area (Å²) < 4.78 is 0.